The summed E-state index contributed by atoms with van der Waals surface area (Å²) in [5, 5.41) is 35.1. The first-order chi connectivity index (χ1) is 31.3. The minimum atomic E-state index is -2.03. The van der Waals surface area contributed by atoms with Gasteiger partial charge in [-0.05, 0) is 92.6 Å². The molecule has 0 amide bonds. The molecule has 3 aliphatic heterocycles. The normalized spacial score (nSPS) is 40.4. The Morgan fingerprint density at radius 2 is 1.45 bits per heavy atom. The number of likely N-dealkylation sites (N-methyl/N-ethyl adjacent to an activating group) is 1. The lowest BCUT2D eigenvalue weighted by atomic mass is 9.74. The number of carbonyl (C=O) groups is 4. The van der Waals surface area contributed by atoms with E-state index in [0.29, 0.717) is 17.7 Å². The molecule has 4 rings (SSSR count). The molecule has 18 atom stereocenters. The van der Waals surface area contributed by atoms with Gasteiger partial charge < -0.3 is 67.6 Å². The SMILES string of the molecule is CC[C@H]1OC(=O)[C@H](C)[C@@H](OC2C[C@@](C)(OC)[C@@H](OC(=O)CC(=O)OCc3ccc(OC)cc3)[C@H](C)O2)[C@H](C)[C@@H](OC2O[C@H](C)C[C@H](N(C)C)[C@H]2O)[C@](C)(OC)C[C@@H](C)C(=O)[C@H](C)[C@@H](O)[C@]1(C)O. The summed E-state index contributed by atoms with van der Waals surface area (Å²) in [4.78, 5) is 56.5. The maximum Gasteiger partial charge on any atom is 0.317 e. The molecule has 0 bridgehead atoms. The number of aliphatic hydroxyl groups excluding tert-OH is 2. The largest absolute Gasteiger partial charge is 0.497 e. The van der Waals surface area contributed by atoms with Gasteiger partial charge in [-0.3, -0.25) is 19.2 Å². The van der Waals surface area contributed by atoms with Gasteiger partial charge in [0.25, 0.3) is 0 Å². The smallest absolute Gasteiger partial charge is 0.317 e. The van der Waals surface area contributed by atoms with Gasteiger partial charge in [0.2, 0.25) is 0 Å². The van der Waals surface area contributed by atoms with Crippen LogP contribution in [0.3, 0.4) is 0 Å². The molecule has 0 aliphatic carbocycles. The fraction of sp³-hybridized carbons (Fsp3) is 0.796. The van der Waals surface area contributed by atoms with E-state index in [-0.39, 0.29) is 43.8 Å². The van der Waals surface area contributed by atoms with Crippen LogP contribution in [0.5, 0.6) is 5.75 Å². The van der Waals surface area contributed by atoms with E-state index in [0.717, 1.165) is 0 Å². The van der Waals surface area contributed by atoms with E-state index >= 15 is 0 Å². The van der Waals surface area contributed by atoms with Crippen LogP contribution in [0.4, 0.5) is 0 Å². The molecule has 0 spiro atoms. The first-order valence-electron chi connectivity index (χ1n) is 23.5. The first kappa shape index (κ1) is 56.3. The Bertz CT molecular complexity index is 1790. The molecule has 0 radical (unpaired) electrons. The van der Waals surface area contributed by atoms with Crippen LogP contribution in [-0.2, 0) is 68.4 Å². The Morgan fingerprint density at radius 3 is 2.01 bits per heavy atom. The van der Waals surface area contributed by atoms with Gasteiger partial charge in [-0.15, -0.1) is 0 Å². The van der Waals surface area contributed by atoms with Crippen LogP contribution in [-0.4, -0.2) is 164 Å². The van der Waals surface area contributed by atoms with Crippen molar-refractivity contribution in [3.05, 3.63) is 29.8 Å². The van der Waals surface area contributed by atoms with E-state index in [1.54, 1.807) is 79.8 Å². The second-order valence-corrected chi connectivity index (χ2v) is 19.8. The highest BCUT2D eigenvalue weighted by molar-refractivity contribution is 5.91. The van der Waals surface area contributed by atoms with Crippen LogP contribution in [0.2, 0.25) is 0 Å². The number of carbonyl (C=O) groups excluding carboxylic acids is 4. The Balaban J connectivity index is 1.70. The third-order valence-electron chi connectivity index (χ3n) is 14.3. The maximum atomic E-state index is 14.5. The van der Waals surface area contributed by atoms with Gasteiger partial charge in [0.05, 0.1) is 49.1 Å². The lowest BCUT2D eigenvalue weighted by Gasteiger charge is -2.50. The summed E-state index contributed by atoms with van der Waals surface area (Å²) >= 11 is 0. The van der Waals surface area contributed by atoms with Gasteiger partial charge in [0.1, 0.15) is 48.0 Å². The standard InChI is InChI=1S/C49H79NO17/c1-16-35-49(10,57)42(55)28(4)39(53)26(2)23-47(8,59-14)43(67-46-40(54)34(50(11)12)21-27(3)62-46)29(5)41(30(6)45(56)64-35)66-38-24-48(9,60-15)44(31(7)63-38)65-37(52)22-36(51)61-25-32-17-19-33(58-13)20-18-32/h17-20,26-31,34-35,38,40-44,46,54-55,57H,16,21-25H2,1-15H3/t26-,27-,28+,29+,30-,31+,34+,35-,38?,40-,41+,42-,43-,44+,46?,47-,48-,49-/m1/s1. The lowest BCUT2D eigenvalue weighted by Crippen LogP contribution is -2.61. The van der Waals surface area contributed by atoms with Crippen molar-refractivity contribution in [3.63, 3.8) is 0 Å². The number of ketones is 1. The zero-order valence-electron chi connectivity index (χ0n) is 42.2. The number of methoxy groups -OCH3 is 3. The van der Waals surface area contributed by atoms with Crippen LogP contribution < -0.4 is 4.74 Å². The molecule has 18 heteroatoms. The van der Waals surface area contributed by atoms with Crippen molar-refractivity contribution in [2.24, 2.45) is 23.7 Å². The van der Waals surface area contributed by atoms with E-state index < -0.39 is 120 Å². The molecule has 3 fully saturated rings. The monoisotopic (exact) mass is 954 g/mol. The minimum Gasteiger partial charge on any atom is -0.497 e. The molecule has 3 saturated heterocycles. The summed E-state index contributed by atoms with van der Waals surface area (Å²) in [6.45, 7) is 16.7. The van der Waals surface area contributed by atoms with Crippen molar-refractivity contribution in [2.75, 3.05) is 35.4 Å². The fourth-order valence-electron chi connectivity index (χ4n) is 10.0. The van der Waals surface area contributed by atoms with Crippen LogP contribution in [0.15, 0.2) is 24.3 Å². The molecular formula is C49H79NO17. The highest BCUT2D eigenvalue weighted by atomic mass is 16.7. The van der Waals surface area contributed by atoms with Crippen molar-refractivity contribution in [3.8, 4) is 5.75 Å². The number of hydrogen-bond acceptors (Lipinski definition) is 18. The van der Waals surface area contributed by atoms with Crippen LogP contribution in [0.25, 0.3) is 0 Å². The average molecular weight is 954 g/mol. The molecule has 3 aliphatic rings. The van der Waals surface area contributed by atoms with Crippen molar-refractivity contribution in [2.45, 2.75) is 192 Å². The summed E-state index contributed by atoms with van der Waals surface area (Å²) in [7, 11) is 8.19. The minimum absolute atomic E-state index is 0.0276. The number of benzene rings is 1. The summed E-state index contributed by atoms with van der Waals surface area (Å²) in [5.41, 5.74) is -3.91. The van der Waals surface area contributed by atoms with Crippen molar-refractivity contribution >= 4 is 23.7 Å². The van der Waals surface area contributed by atoms with E-state index in [2.05, 4.69) is 0 Å². The lowest BCUT2D eigenvalue weighted by molar-refractivity contribution is -0.320. The predicted molar refractivity (Wildman–Crippen MR) is 242 cm³/mol. The Morgan fingerprint density at radius 1 is 0.836 bits per heavy atom. The van der Waals surface area contributed by atoms with Crippen molar-refractivity contribution in [1.82, 2.24) is 4.90 Å². The topological polar surface area (TPSA) is 225 Å². The zero-order valence-corrected chi connectivity index (χ0v) is 42.2. The van der Waals surface area contributed by atoms with Crippen molar-refractivity contribution in [1.29, 1.82) is 0 Å². The second-order valence-electron chi connectivity index (χ2n) is 19.8. The number of ether oxygens (including phenoxy) is 10. The molecule has 382 valence electrons. The molecule has 3 heterocycles. The van der Waals surface area contributed by atoms with Crippen LogP contribution in [0, 0.1) is 23.7 Å². The Labute approximate surface area is 396 Å². The van der Waals surface area contributed by atoms with Gasteiger partial charge in [-0.2, -0.15) is 0 Å². The molecule has 3 N–H and O–H groups in total. The molecule has 67 heavy (non-hydrogen) atoms. The van der Waals surface area contributed by atoms with E-state index in [1.165, 1.54) is 28.1 Å². The van der Waals surface area contributed by atoms with Crippen molar-refractivity contribution < 1.29 is 81.9 Å². The van der Waals surface area contributed by atoms with Crippen LogP contribution in [0.1, 0.15) is 107 Å². The molecule has 1 aromatic rings. The first-order valence-corrected chi connectivity index (χ1v) is 23.5. The van der Waals surface area contributed by atoms with Gasteiger partial charge in [0, 0.05) is 44.4 Å². The third-order valence-corrected chi connectivity index (χ3v) is 14.3. The van der Waals surface area contributed by atoms with Gasteiger partial charge in [-0.25, -0.2) is 0 Å². The highest BCUT2D eigenvalue weighted by Crippen LogP contribution is 2.42. The summed E-state index contributed by atoms with van der Waals surface area (Å²) in [6.07, 6.45) is -10.7. The maximum absolute atomic E-state index is 14.5. The van der Waals surface area contributed by atoms with Gasteiger partial charge in [-0.1, -0.05) is 39.8 Å². The predicted octanol–water partition coefficient (Wildman–Crippen LogP) is 4.13. The molecule has 18 nitrogen and oxygen atoms in total. The Hall–Kier alpha value is -3.30. The number of nitrogens with zero attached hydrogens (tertiary/aromatic N) is 1. The number of rotatable bonds is 14. The number of Topliss-reactive ketones (excluding diaryl/α,β-unsaturated/α-hetero) is 1. The van der Waals surface area contributed by atoms with E-state index in [9.17, 15) is 34.5 Å². The molecule has 2 unspecified atom stereocenters. The molecule has 0 saturated carbocycles. The summed E-state index contributed by atoms with van der Waals surface area (Å²) < 4.78 is 61.2. The Kier molecular flexibility index (Phi) is 19.8. The molecule has 1 aromatic carbocycles. The van der Waals surface area contributed by atoms with E-state index in [1.807, 2.05) is 25.9 Å². The summed E-state index contributed by atoms with van der Waals surface area (Å²) in [6, 6.07) is 6.60. The molecular weight excluding hydrogens is 875 g/mol. The summed E-state index contributed by atoms with van der Waals surface area (Å²) in [5.74, 6) is -5.90. The average Bonchev–Trinajstić information content (AvgIpc) is 3.28. The second kappa shape index (κ2) is 23.5. The van der Waals surface area contributed by atoms with Gasteiger partial charge in [0.15, 0.2) is 18.7 Å². The van der Waals surface area contributed by atoms with E-state index in [4.69, 9.17) is 47.4 Å². The zero-order chi connectivity index (χ0) is 50.3. The third kappa shape index (κ3) is 13.3. The quantitative estimate of drug-likeness (QED) is 0.135. The fourth-order valence-corrected chi connectivity index (χ4v) is 10.0. The number of aliphatic hydroxyl groups is 3. The molecule has 0 aromatic heterocycles. The number of cyclic esters (lactones) is 1. The number of esters is 3. The van der Waals surface area contributed by atoms with Crippen LogP contribution >= 0.6 is 0 Å². The number of hydrogen-bond donors (Lipinski definition) is 3. The van der Waals surface area contributed by atoms with Gasteiger partial charge >= 0.3 is 17.9 Å². The highest BCUT2D eigenvalue weighted by Gasteiger charge is 2.55.